The third-order valence-electron chi connectivity index (χ3n) is 3.90. The molecule has 0 aromatic heterocycles. The Morgan fingerprint density at radius 2 is 1.81 bits per heavy atom. The zero-order valence-corrected chi connectivity index (χ0v) is 13.8. The number of benzene rings is 1. The number of hydrogen-bond acceptors (Lipinski definition) is 2. The van der Waals surface area contributed by atoms with E-state index in [1.165, 1.54) is 0 Å². The Kier molecular flexibility index (Phi) is 5.12. The van der Waals surface area contributed by atoms with E-state index in [2.05, 4.69) is 31.0 Å². The Balaban J connectivity index is 1.82. The molecular weight excluding hydrogens is 286 g/mol. The molecule has 2 rings (SSSR count). The summed E-state index contributed by atoms with van der Waals surface area (Å²) in [6.45, 7) is 10.5. The number of urea groups is 1. The maximum Gasteiger partial charge on any atom is 0.317 e. The third-order valence-corrected chi connectivity index (χ3v) is 4.27. The van der Waals surface area contributed by atoms with Crippen LogP contribution < -0.4 is 5.32 Å². The topological polar surface area (TPSA) is 35.6 Å². The van der Waals surface area contributed by atoms with Crippen LogP contribution in [0, 0.1) is 0 Å². The van der Waals surface area contributed by atoms with Crippen LogP contribution in [0.2, 0.25) is 5.02 Å². The Labute approximate surface area is 132 Å². The fourth-order valence-electron chi connectivity index (χ4n) is 2.50. The van der Waals surface area contributed by atoms with E-state index in [4.69, 9.17) is 11.6 Å². The van der Waals surface area contributed by atoms with E-state index in [1.807, 2.05) is 29.2 Å². The minimum atomic E-state index is -0.0107. The number of carbonyl (C=O) groups is 1. The van der Waals surface area contributed by atoms with E-state index in [1.54, 1.807) is 0 Å². The van der Waals surface area contributed by atoms with Crippen LogP contribution in [0.5, 0.6) is 0 Å². The van der Waals surface area contributed by atoms with Gasteiger partial charge in [-0.25, -0.2) is 4.79 Å². The first kappa shape index (κ1) is 16.1. The second-order valence-electron chi connectivity index (χ2n) is 6.40. The van der Waals surface area contributed by atoms with Gasteiger partial charge < -0.3 is 10.2 Å². The normalized spacial score (nSPS) is 16.9. The molecule has 1 heterocycles. The molecule has 4 nitrogen and oxygen atoms in total. The maximum atomic E-state index is 12.2. The average Bonchev–Trinajstić information content (AvgIpc) is 2.45. The number of hydrogen-bond donors (Lipinski definition) is 1. The van der Waals surface area contributed by atoms with E-state index >= 15 is 0 Å². The lowest BCUT2D eigenvalue weighted by Crippen LogP contribution is -2.56. The van der Waals surface area contributed by atoms with Crippen LogP contribution in [0.15, 0.2) is 24.3 Å². The fraction of sp³-hybridized carbons (Fsp3) is 0.562. The van der Waals surface area contributed by atoms with Crippen molar-refractivity contribution in [1.29, 1.82) is 0 Å². The predicted octanol–water partition coefficient (Wildman–Crippen LogP) is 2.97. The highest BCUT2D eigenvalue weighted by molar-refractivity contribution is 6.31. The molecule has 0 spiro atoms. The monoisotopic (exact) mass is 309 g/mol. The molecule has 0 atom stereocenters. The van der Waals surface area contributed by atoms with Crippen molar-refractivity contribution in [3.63, 3.8) is 0 Å². The average molecular weight is 310 g/mol. The SMILES string of the molecule is CC(C)(C)N1CCN(C(=O)NCc2ccccc2Cl)CC1. The van der Waals surface area contributed by atoms with Crippen molar-refractivity contribution in [3.8, 4) is 0 Å². The highest BCUT2D eigenvalue weighted by Gasteiger charge is 2.27. The first-order valence-corrected chi connectivity index (χ1v) is 7.77. The van der Waals surface area contributed by atoms with Gasteiger partial charge in [0.15, 0.2) is 0 Å². The molecule has 116 valence electrons. The third kappa shape index (κ3) is 4.35. The number of nitrogens with zero attached hydrogens (tertiary/aromatic N) is 2. The molecule has 0 saturated carbocycles. The number of rotatable bonds is 2. The zero-order valence-electron chi connectivity index (χ0n) is 13.0. The van der Waals surface area contributed by atoms with E-state index in [0.717, 1.165) is 31.7 Å². The second-order valence-corrected chi connectivity index (χ2v) is 6.80. The Morgan fingerprint density at radius 3 is 2.38 bits per heavy atom. The lowest BCUT2D eigenvalue weighted by Gasteiger charge is -2.42. The molecule has 1 fully saturated rings. The van der Waals surface area contributed by atoms with Gasteiger partial charge in [-0.3, -0.25) is 4.90 Å². The summed E-state index contributed by atoms with van der Waals surface area (Å²) in [6.07, 6.45) is 0. The molecule has 0 aliphatic carbocycles. The van der Waals surface area contributed by atoms with Gasteiger partial charge in [0.1, 0.15) is 0 Å². The summed E-state index contributed by atoms with van der Waals surface area (Å²) in [5.41, 5.74) is 1.11. The largest absolute Gasteiger partial charge is 0.334 e. The van der Waals surface area contributed by atoms with Crippen molar-refractivity contribution >= 4 is 17.6 Å². The molecule has 2 amide bonds. The number of halogens is 1. The van der Waals surface area contributed by atoms with E-state index in [0.29, 0.717) is 11.6 Å². The van der Waals surface area contributed by atoms with Gasteiger partial charge in [-0.05, 0) is 32.4 Å². The Hall–Kier alpha value is -1.26. The quantitative estimate of drug-likeness (QED) is 0.911. The van der Waals surface area contributed by atoms with Crippen LogP contribution in [0.1, 0.15) is 26.3 Å². The molecule has 1 aliphatic rings. The minimum Gasteiger partial charge on any atom is -0.334 e. The molecule has 21 heavy (non-hydrogen) atoms. The zero-order chi connectivity index (χ0) is 15.5. The molecule has 1 aromatic carbocycles. The number of amides is 2. The lowest BCUT2D eigenvalue weighted by atomic mass is 10.1. The van der Waals surface area contributed by atoms with Crippen LogP contribution >= 0.6 is 11.6 Å². The maximum absolute atomic E-state index is 12.2. The van der Waals surface area contributed by atoms with E-state index in [9.17, 15) is 4.79 Å². The number of nitrogens with one attached hydrogen (secondary N) is 1. The van der Waals surface area contributed by atoms with Crippen LogP contribution in [0.4, 0.5) is 4.79 Å². The smallest absolute Gasteiger partial charge is 0.317 e. The molecule has 0 unspecified atom stereocenters. The molecule has 1 aliphatic heterocycles. The van der Waals surface area contributed by atoms with Crippen LogP contribution in [-0.4, -0.2) is 47.5 Å². The molecule has 1 aromatic rings. The highest BCUT2D eigenvalue weighted by Crippen LogP contribution is 2.16. The van der Waals surface area contributed by atoms with Crippen molar-refractivity contribution in [2.24, 2.45) is 0 Å². The summed E-state index contributed by atoms with van der Waals surface area (Å²) in [4.78, 5) is 16.5. The lowest BCUT2D eigenvalue weighted by molar-refractivity contribution is 0.0742. The van der Waals surface area contributed by atoms with Crippen LogP contribution in [0.25, 0.3) is 0 Å². The Morgan fingerprint density at radius 1 is 1.19 bits per heavy atom. The first-order valence-electron chi connectivity index (χ1n) is 7.39. The van der Waals surface area contributed by atoms with Gasteiger partial charge in [-0.15, -0.1) is 0 Å². The van der Waals surface area contributed by atoms with Gasteiger partial charge in [0, 0.05) is 43.3 Å². The first-order chi connectivity index (χ1) is 9.88. The molecule has 1 saturated heterocycles. The summed E-state index contributed by atoms with van der Waals surface area (Å²) >= 11 is 6.09. The predicted molar refractivity (Wildman–Crippen MR) is 86.6 cm³/mol. The Bertz CT molecular complexity index is 491. The van der Waals surface area contributed by atoms with Crippen molar-refractivity contribution in [3.05, 3.63) is 34.9 Å². The van der Waals surface area contributed by atoms with Gasteiger partial charge in [-0.1, -0.05) is 29.8 Å². The second kappa shape index (κ2) is 6.67. The van der Waals surface area contributed by atoms with Gasteiger partial charge >= 0.3 is 6.03 Å². The fourth-order valence-corrected chi connectivity index (χ4v) is 2.71. The van der Waals surface area contributed by atoms with Crippen molar-refractivity contribution in [1.82, 2.24) is 15.1 Å². The molecule has 0 bridgehead atoms. The summed E-state index contributed by atoms with van der Waals surface area (Å²) in [6, 6.07) is 7.57. The molecule has 5 heteroatoms. The van der Waals surface area contributed by atoms with E-state index in [-0.39, 0.29) is 11.6 Å². The van der Waals surface area contributed by atoms with Gasteiger partial charge in [-0.2, -0.15) is 0 Å². The molecular formula is C16H24ClN3O. The summed E-state index contributed by atoms with van der Waals surface area (Å²) in [5, 5.41) is 3.64. The number of carbonyl (C=O) groups excluding carboxylic acids is 1. The summed E-state index contributed by atoms with van der Waals surface area (Å²) in [7, 11) is 0. The number of piperazine rings is 1. The van der Waals surface area contributed by atoms with Crippen molar-refractivity contribution in [2.45, 2.75) is 32.9 Å². The van der Waals surface area contributed by atoms with Gasteiger partial charge in [0.25, 0.3) is 0 Å². The van der Waals surface area contributed by atoms with E-state index < -0.39 is 0 Å². The minimum absolute atomic E-state index is 0.0107. The molecule has 1 N–H and O–H groups in total. The molecule has 0 radical (unpaired) electrons. The van der Waals surface area contributed by atoms with Crippen molar-refractivity contribution in [2.75, 3.05) is 26.2 Å². The van der Waals surface area contributed by atoms with Gasteiger partial charge in [0.2, 0.25) is 0 Å². The van der Waals surface area contributed by atoms with Crippen molar-refractivity contribution < 1.29 is 4.79 Å². The van der Waals surface area contributed by atoms with Crippen LogP contribution in [-0.2, 0) is 6.54 Å². The van der Waals surface area contributed by atoms with Crippen LogP contribution in [0.3, 0.4) is 0 Å². The standard InChI is InChI=1S/C16H24ClN3O/c1-16(2,3)20-10-8-19(9-11-20)15(21)18-12-13-6-4-5-7-14(13)17/h4-7H,8-12H2,1-3H3,(H,18,21). The summed E-state index contributed by atoms with van der Waals surface area (Å²) < 4.78 is 0. The highest BCUT2D eigenvalue weighted by atomic mass is 35.5. The van der Waals surface area contributed by atoms with Gasteiger partial charge in [0.05, 0.1) is 0 Å². The summed E-state index contributed by atoms with van der Waals surface area (Å²) in [5.74, 6) is 0.